The van der Waals surface area contributed by atoms with Gasteiger partial charge in [0.25, 0.3) is 0 Å². The molecule has 0 atom stereocenters. The Morgan fingerprint density at radius 2 is 1.44 bits per heavy atom. The lowest BCUT2D eigenvalue weighted by Gasteiger charge is -2.31. The van der Waals surface area contributed by atoms with Gasteiger partial charge in [0.15, 0.2) is 5.65 Å². The van der Waals surface area contributed by atoms with Crippen LogP contribution in [0.3, 0.4) is 0 Å². The van der Waals surface area contributed by atoms with Gasteiger partial charge < -0.3 is 9.47 Å². The van der Waals surface area contributed by atoms with E-state index in [0.717, 1.165) is 4.63 Å². The van der Waals surface area contributed by atoms with Crippen LogP contribution in [0.25, 0.3) is 5.65 Å². The molecule has 2 heterocycles. The first-order valence-corrected chi connectivity index (χ1v) is 7.86. The van der Waals surface area contributed by atoms with Crippen LogP contribution in [0, 0.1) is 0 Å². The summed E-state index contributed by atoms with van der Waals surface area (Å²) in [5.74, 6) is -1.51. The average Bonchev–Trinajstić information content (AvgIpc) is 2.89. The topological polar surface area (TPSA) is 109 Å². The highest BCUT2D eigenvalue weighted by molar-refractivity contribution is 6.05. The number of tetrazole rings is 1. The summed E-state index contributed by atoms with van der Waals surface area (Å²) in [7, 11) is 0. The van der Waals surface area contributed by atoms with E-state index in [9.17, 15) is 9.59 Å². The van der Waals surface area contributed by atoms with Crippen LogP contribution in [0.4, 0.5) is 0 Å². The van der Waals surface area contributed by atoms with Crippen LogP contribution in [-0.4, -0.2) is 48.4 Å². The van der Waals surface area contributed by atoms with E-state index in [4.69, 9.17) is 9.47 Å². The summed E-state index contributed by atoms with van der Waals surface area (Å²) in [6.45, 7) is 11.7. The molecule has 0 spiro atoms. The number of rotatable bonds is 3. The molecule has 0 aliphatic rings. The summed E-state index contributed by atoms with van der Waals surface area (Å²) < 4.78 is 12.0. The molecule has 25 heavy (non-hydrogen) atoms. The lowest BCUT2D eigenvalue weighted by Crippen LogP contribution is -2.48. The van der Waals surface area contributed by atoms with E-state index < -0.39 is 28.6 Å². The Hall–Kier alpha value is -2.58. The van der Waals surface area contributed by atoms with Gasteiger partial charge in [-0.2, -0.15) is 5.10 Å². The zero-order chi connectivity index (χ0) is 19.0. The van der Waals surface area contributed by atoms with Crippen molar-refractivity contribution >= 4 is 17.6 Å². The molecule has 136 valence electrons. The smallest absolute Gasteiger partial charge is 0.330 e. The zero-order valence-corrected chi connectivity index (χ0v) is 15.5. The van der Waals surface area contributed by atoms with Gasteiger partial charge in [-0.25, -0.2) is 0 Å². The first-order chi connectivity index (χ1) is 11.3. The molecule has 0 aliphatic heterocycles. The summed E-state index contributed by atoms with van der Waals surface area (Å²) in [6.07, 6.45) is 0. The monoisotopic (exact) mass is 349 g/mol. The zero-order valence-electron chi connectivity index (χ0n) is 15.5. The molecule has 0 amide bonds. The van der Waals surface area contributed by atoms with Crippen molar-refractivity contribution in [3.8, 4) is 0 Å². The highest BCUT2D eigenvalue weighted by Crippen LogP contribution is 2.29. The number of hydrogen-bond acceptors (Lipinski definition) is 8. The van der Waals surface area contributed by atoms with E-state index >= 15 is 0 Å². The van der Waals surface area contributed by atoms with E-state index in [0.29, 0.717) is 5.65 Å². The number of aromatic nitrogens is 5. The predicted molar refractivity (Wildman–Crippen MR) is 87.6 cm³/mol. The summed E-state index contributed by atoms with van der Waals surface area (Å²) in [5.41, 5.74) is -2.80. The standard InChI is InChI=1S/C16H23N5O4/c1-14(2,3)24-12(22)16(7,13(23)25-15(4,5)6)10-8-9-11-17-19-20-21(11)18-10/h8-9H,1-7H3. The van der Waals surface area contributed by atoms with Gasteiger partial charge in [0, 0.05) is 0 Å². The summed E-state index contributed by atoms with van der Waals surface area (Å²) in [5, 5.41) is 15.1. The number of carbonyl (C=O) groups is 2. The predicted octanol–water partition coefficient (Wildman–Crippen LogP) is 1.46. The molecule has 9 heteroatoms. The highest BCUT2D eigenvalue weighted by Gasteiger charge is 2.50. The Morgan fingerprint density at radius 1 is 0.920 bits per heavy atom. The fourth-order valence-corrected chi connectivity index (χ4v) is 1.97. The molecule has 0 fully saturated rings. The van der Waals surface area contributed by atoms with Crippen LogP contribution >= 0.6 is 0 Å². The van der Waals surface area contributed by atoms with Crippen LogP contribution in [0.1, 0.15) is 54.2 Å². The molecular weight excluding hydrogens is 326 g/mol. The number of ether oxygens (including phenoxy) is 2. The third-order valence-corrected chi connectivity index (χ3v) is 3.20. The van der Waals surface area contributed by atoms with Crippen LogP contribution in [0.2, 0.25) is 0 Å². The molecule has 0 radical (unpaired) electrons. The molecule has 2 aromatic rings. The van der Waals surface area contributed by atoms with Crippen molar-refractivity contribution in [1.29, 1.82) is 0 Å². The normalized spacial score (nSPS) is 12.9. The largest absolute Gasteiger partial charge is 0.459 e. The van der Waals surface area contributed by atoms with Crippen LogP contribution in [0.5, 0.6) is 0 Å². The van der Waals surface area contributed by atoms with Crippen molar-refractivity contribution in [2.45, 2.75) is 65.1 Å². The summed E-state index contributed by atoms with van der Waals surface area (Å²) in [6, 6.07) is 3.08. The van der Waals surface area contributed by atoms with Crippen molar-refractivity contribution in [3.05, 3.63) is 17.8 Å². The van der Waals surface area contributed by atoms with Gasteiger partial charge in [-0.15, -0.1) is 9.73 Å². The van der Waals surface area contributed by atoms with Crippen LogP contribution in [0.15, 0.2) is 12.1 Å². The molecule has 0 aromatic carbocycles. The third-order valence-electron chi connectivity index (χ3n) is 3.20. The number of hydrogen-bond donors (Lipinski definition) is 0. The molecule has 0 bridgehead atoms. The maximum absolute atomic E-state index is 12.9. The van der Waals surface area contributed by atoms with E-state index in [2.05, 4.69) is 20.6 Å². The second kappa shape index (κ2) is 6.05. The fourth-order valence-electron chi connectivity index (χ4n) is 1.97. The minimum Gasteiger partial charge on any atom is -0.459 e. The molecule has 9 nitrogen and oxygen atoms in total. The van der Waals surface area contributed by atoms with Gasteiger partial charge in [-0.1, -0.05) is 0 Å². The number of nitrogens with zero attached hydrogens (tertiary/aromatic N) is 5. The minimum absolute atomic E-state index is 0.135. The molecule has 0 saturated heterocycles. The second-order valence-corrected chi connectivity index (χ2v) is 7.87. The van der Waals surface area contributed by atoms with E-state index in [1.165, 1.54) is 13.0 Å². The first-order valence-electron chi connectivity index (χ1n) is 7.86. The molecule has 2 aromatic heterocycles. The Morgan fingerprint density at radius 3 is 1.92 bits per heavy atom. The molecule has 0 aliphatic carbocycles. The Kier molecular flexibility index (Phi) is 4.54. The third kappa shape index (κ3) is 4.09. The SMILES string of the molecule is CC(C)(C)OC(=O)C(C)(C(=O)OC(C)(C)C)c1ccc2nnnn2n1. The maximum Gasteiger partial charge on any atom is 0.330 e. The number of esters is 2. The van der Waals surface area contributed by atoms with Gasteiger partial charge in [0.05, 0.1) is 5.69 Å². The fraction of sp³-hybridized carbons (Fsp3) is 0.625. The molecule has 2 rings (SSSR count). The van der Waals surface area contributed by atoms with Gasteiger partial charge in [0.1, 0.15) is 11.2 Å². The second-order valence-electron chi connectivity index (χ2n) is 7.87. The Labute approximate surface area is 145 Å². The minimum atomic E-state index is -1.76. The Balaban J connectivity index is 2.54. The van der Waals surface area contributed by atoms with E-state index in [1.54, 1.807) is 47.6 Å². The van der Waals surface area contributed by atoms with Crippen LogP contribution in [-0.2, 0) is 24.5 Å². The summed E-state index contributed by atoms with van der Waals surface area (Å²) >= 11 is 0. The van der Waals surface area contributed by atoms with Crippen molar-refractivity contribution in [2.75, 3.05) is 0 Å². The first kappa shape index (κ1) is 18.8. The van der Waals surface area contributed by atoms with Crippen molar-refractivity contribution in [1.82, 2.24) is 25.3 Å². The maximum atomic E-state index is 12.9. The van der Waals surface area contributed by atoms with E-state index in [1.807, 2.05) is 0 Å². The number of fused-ring (bicyclic) bond motifs is 1. The van der Waals surface area contributed by atoms with Crippen LogP contribution < -0.4 is 0 Å². The quantitative estimate of drug-likeness (QED) is 0.605. The van der Waals surface area contributed by atoms with Crippen molar-refractivity contribution in [3.63, 3.8) is 0 Å². The molecule has 0 unspecified atom stereocenters. The van der Waals surface area contributed by atoms with Crippen molar-refractivity contribution < 1.29 is 19.1 Å². The highest BCUT2D eigenvalue weighted by atomic mass is 16.6. The Bertz CT molecular complexity index is 773. The molecule has 0 N–H and O–H groups in total. The van der Waals surface area contributed by atoms with Crippen molar-refractivity contribution in [2.24, 2.45) is 0 Å². The summed E-state index contributed by atoms with van der Waals surface area (Å²) in [4.78, 5) is 25.7. The average molecular weight is 349 g/mol. The lowest BCUT2D eigenvalue weighted by atomic mass is 9.86. The molecule has 0 saturated carbocycles. The van der Waals surface area contributed by atoms with Gasteiger partial charge in [-0.05, 0) is 71.0 Å². The van der Waals surface area contributed by atoms with Gasteiger partial charge >= 0.3 is 11.9 Å². The van der Waals surface area contributed by atoms with Gasteiger partial charge in [0.2, 0.25) is 5.41 Å². The molecular formula is C16H23N5O4. The van der Waals surface area contributed by atoms with E-state index in [-0.39, 0.29) is 5.69 Å². The number of carbonyl (C=O) groups excluding carboxylic acids is 2. The lowest BCUT2D eigenvalue weighted by molar-refractivity contribution is -0.177. The van der Waals surface area contributed by atoms with Gasteiger partial charge in [-0.3, -0.25) is 9.59 Å².